The Morgan fingerprint density at radius 2 is 2.05 bits per heavy atom. The lowest BCUT2D eigenvalue weighted by molar-refractivity contribution is -0.382. The number of benzene rings is 1. The number of pyridine rings is 1. The van der Waals surface area contributed by atoms with Crippen LogP contribution in [0.15, 0.2) is 30.5 Å². The molecule has 0 aliphatic carbocycles. The molecule has 0 spiro atoms. The lowest BCUT2D eigenvalue weighted by Gasteiger charge is -2.27. The highest BCUT2D eigenvalue weighted by Gasteiger charge is 2.27. The molecule has 20 heavy (non-hydrogen) atoms. The summed E-state index contributed by atoms with van der Waals surface area (Å²) in [6, 6.07) is 6.41. The van der Waals surface area contributed by atoms with Crippen molar-refractivity contribution < 1.29 is 15.1 Å². The normalized spacial score (nSPS) is 11.6. The van der Waals surface area contributed by atoms with Crippen LogP contribution in [-0.2, 0) is 0 Å². The van der Waals surface area contributed by atoms with Gasteiger partial charge in [0.25, 0.3) is 0 Å². The zero-order valence-electron chi connectivity index (χ0n) is 10.9. The molecule has 0 saturated carbocycles. The zero-order chi connectivity index (χ0) is 14.8. The number of hydrogen-bond donors (Lipinski definition) is 3. The maximum absolute atomic E-state index is 11.3. The smallest absolute Gasteiger partial charge is 0.301 e. The molecule has 1 aromatic carbocycles. The Hall–Kier alpha value is -2.25. The van der Waals surface area contributed by atoms with Gasteiger partial charge in [-0.15, -0.1) is 0 Å². The van der Waals surface area contributed by atoms with Gasteiger partial charge in [-0.25, -0.2) is 0 Å². The molecule has 2 aromatic rings. The van der Waals surface area contributed by atoms with Crippen LogP contribution in [0, 0.1) is 10.1 Å². The summed E-state index contributed by atoms with van der Waals surface area (Å²) in [7, 11) is 0. The molecule has 1 heterocycles. The van der Waals surface area contributed by atoms with Gasteiger partial charge in [0, 0.05) is 6.20 Å². The van der Waals surface area contributed by atoms with E-state index in [0.717, 1.165) is 0 Å². The number of aliphatic hydroxyl groups excluding tert-OH is 2. The molecule has 0 aliphatic heterocycles. The van der Waals surface area contributed by atoms with E-state index in [2.05, 4.69) is 10.3 Å². The summed E-state index contributed by atoms with van der Waals surface area (Å²) in [5, 5.41) is 33.1. The summed E-state index contributed by atoms with van der Waals surface area (Å²) in [5.41, 5.74) is -0.412. The van der Waals surface area contributed by atoms with E-state index in [1.165, 1.54) is 6.07 Å². The van der Waals surface area contributed by atoms with Crippen molar-refractivity contribution in [3.8, 4) is 0 Å². The van der Waals surface area contributed by atoms with Gasteiger partial charge in [-0.1, -0.05) is 0 Å². The number of fused-ring (bicyclic) bond motifs is 1. The van der Waals surface area contributed by atoms with E-state index in [0.29, 0.717) is 10.9 Å². The first-order valence-corrected chi connectivity index (χ1v) is 6.03. The molecular weight excluding hydrogens is 262 g/mol. The molecule has 2 rings (SSSR count). The average molecular weight is 277 g/mol. The molecule has 0 saturated heterocycles. The number of nitrogens with one attached hydrogen (secondary N) is 1. The van der Waals surface area contributed by atoms with Crippen molar-refractivity contribution in [3.63, 3.8) is 0 Å². The second-order valence-electron chi connectivity index (χ2n) is 4.79. The summed E-state index contributed by atoms with van der Waals surface area (Å²) in [4.78, 5) is 14.9. The van der Waals surface area contributed by atoms with Crippen LogP contribution in [0.2, 0.25) is 0 Å². The zero-order valence-corrected chi connectivity index (χ0v) is 10.9. The van der Waals surface area contributed by atoms with Crippen molar-refractivity contribution in [2.45, 2.75) is 12.5 Å². The fraction of sp³-hybridized carbons (Fsp3) is 0.308. The molecule has 0 radical (unpaired) electrons. The molecular formula is C13H15N3O4. The molecule has 0 fully saturated rings. The van der Waals surface area contributed by atoms with Crippen molar-refractivity contribution in [2.75, 3.05) is 18.5 Å². The van der Waals surface area contributed by atoms with Gasteiger partial charge in [-0.2, -0.15) is 0 Å². The molecule has 7 nitrogen and oxygen atoms in total. The molecule has 0 bridgehead atoms. The highest BCUT2D eigenvalue weighted by Crippen LogP contribution is 2.33. The number of nitro groups is 1. The van der Waals surface area contributed by atoms with Crippen molar-refractivity contribution in [2.24, 2.45) is 0 Å². The number of nitrogens with zero attached hydrogens (tertiary/aromatic N) is 2. The SMILES string of the molecule is CC(CO)(CO)Nc1ccc2ncccc2c1[N+](=O)[O-]. The van der Waals surface area contributed by atoms with Gasteiger partial charge in [0.1, 0.15) is 5.69 Å². The van der Waals surface area contributed by atoms with Crippen molar-refractivity contribution in [1.82, 2.24) is 4.98 Å². The van der Waals surface area contributed by atoms with E-state index >= 15 is 0 Å². The number of hydrogen-bond acceptors (Lipinski definition) is 6. The lowest BCUT2D eigenvalue weighted by atomic mass is 10.0. The highest BCUT2D eigenvalue weighted by atomic mass is 16.6. The molecule has 0 aliphatic rings. The average Bonchev–Trinajstić information content (AvgIpc) is 2.46. The van der Waals surface area contributed by atoms with Gasteiger partial charge in [0.15, 0.2) is 0 Å². The van der Waals surface area contributed by atoms with Gasteiger partial charge in [0.05, 0.1) is 34.6 Å². The fourth-order valence-electron chi connectivity index (χ4n) is 1.89. The van der Waals surface area contributed by atoms with Crippen LogP contribution in [0.25, 0.3) is 10.9 Å². The van der Waals surface area contributed by atoms with Crippen molar-refractivity contribution in [1.29, 1.82) is 0 Å². The van der Waals surface area contributed by atoms with Gasteiger partial charge in [0.2, 0.25) is 0 Å². The fourth-order valence-corrected chi connectivity index (χ4v) is 1.89. The molecule has 7 heteroatoms. The Bertz CT molecular complexity index is 641. The van der Waals surface area contributed by atoms with Crippen LogP contribution >= 0.6 is 0 Å². The Labute approximate surface area is 115 Å². The maximum Gasteiger partial charge on any atom is 0.301 e. The molecule has 3 N–H and O–H groups in total. The standard InChI is InChI=1S/C13H15N3O4/c1-13(7-17,8-18)15-11-5-4-10-9(3-2-6-14-10)12(11)16(19)20/h2-6,15,17-18H,7-8H2,1H3. The minimum atomic E-state index is -1.04. The van der Waals surface area contributed by atoms with Gasteiger partial charge in [-0.05, 0) is 31.2 Å². The Kier molecular flexibility index (Phi) is 3.82. The number of nitro benzene ring substituents is 1. The number of anilines is 1. The Morgan fingerprint density at radius 1 is 1.35 bits per heavy atom. The monoisotopic (exact) mass is 277 g/mol. The minimum Gasteiger partial charge on any atom is -0.394 e. The molecule has 0 unspecified atom stereocenters. The highest BCUT2D eigenvalue weighted by molar-refractivity contribution is 5.94. The molecule has 1 aromatic heterocycles. The van der Waals surface area contributed by atoms with Gasteiger partial charge < -0.3 is 15.5 Å². The minimum absolute atomic E-state index is 0.122. The van der Waals surface area contributed by atoms with Crippen LogP contribution in [0.1, 0.15) is 6.92 Å². The predicted molar refractivity (Wildman–Crippen MR) is 74.6 cm³/mol. The third-order valence-electron chi connectivity index (χ3n) is 3.07. The summed E-state index contributed by atoms with van der Waals surface area (Å²) in [6.07, 6.45) is 1.56. The van der Waals surface area contributed by atoms with Crippen LogP contribution in [-0.4, -0.2) is 38.9 Å². The summed E-state index contributed by atoms with van der Waals surface area (Å²) in [6.45, 7) is 0.863. The Balaban J connectivity index is 2.59. The van der Waals surface area contributed by atoms with Gasteiger partial charge >= 0.3 is 5.69 Å². The first-order chi connectivity index (χ1) is 9.50. The molecule has 106 valence electrons. The molecule has 0 atom stereocenters. The van der Waals surface area contributed by atoms with Crippen molar-refractivity contribution in [3.05, 3.63) is 40.6 Å². The van der Waals surface area contributed by atoms with Crippen molar-refractivity contribution >= 4 is 22.3 Å². The van der Waals surface area contributed by atoms with Crippen LogP contribution in [0.4, 0.5) is 11.4 Å². The maximum atomic E-state index is 11.3. The number of aromatic nitrogens is 1. The van der Waals surface area contributed by atoms with Crippen LogP contribution < -0.4 is 5.32 Å². The first kappa shape index (κ1) is 14.2. The molecule has 0 amide bonds. The third kappa shape index (κ3) is 2.54. The summed E-state index contributed by atoms with van der Waals surface area (Å²) >= 11 is 0. The van der Waals surface area contributed by atoms with E-state index in [1.54, 1.807) is 31.3 Å². The summed E-state index contributed by atoms with van der Waals surface area (Å²) < 4.78 is 0. The largest absolute Gasteiger partial charge is 0.394 e. The van der Waals surface area contributed by atoms with E-state index in [1.807, 2.05) is 0 Å². The Morgan fingerprint density at radius 3 is 2.65 bits per heavy atom. The summed E-state index contributed by atoms with van der Waals surface area (Å²) in [5.74, 6) is 0. The van der Waals surface area contributed by atoms with Crippen LogP contribution in [0.5, 0.6) is 0 Å². The van der Waals surface area contributed by atoms with Gasteiger partial charge in [-0.3, -0.25) is 15.1 Å². The van der Waals surface area contributed by atoms with E-state index in [9.17, 15) is 20.3 Å². The quantitative estimate of drug-likeness (QED) is 0.561. The number of rotatable bonds is 5. The third-order valence-corrected chi connectivity index (χ3v) is 3.07. The number of aliphatic hydroxyl groups is 2. The topological polar surface area (TPSA) is 109 Å². The second-order valence-corrected chi connectivity index (χ2v) is 4.79. The second kappa shape index (κ2) is 5.40. The first-order valence-electron chi connectivity index (χ1n) is 6.03. The predicted octanol–water partition coefficient (Wildman–Crippen LogP) is 1.30. The lowest BCUT2D eigenvalue weighted by Crippen LogP contribution is -2.42. The van der Waals surface area contributed by atoms with E-state index in [4.69, 9.17) is 0 Å². The van der Waals surface area contributed by atoms with Crippen LogP contribution in [0.3, 0.4) is 0 Å². The van der Waals surface area contributed by atoms with E-state index in [-0.39, 0.29) is 24.6 Å². The van der Waals surface area contributed by atoms with E-state index < -0.39 is 10.5 Å².